The zero-order valence-corrected chi connectivity index (χ0v) is 16.2. The molecule has 25 heavy (non-hydrogen) atoms. The average Bonchev–Trinajstić information content (AvgIpc) is 3.04. The first kappa shape index (κ1) is 17.7. The number of thiazole rings is 1. The second kappa shape index (κ2) is 6.67. The highest BCUT2D eigenvalue weighted by Gasteiger charge is 2.33. The fourth-order valence-electron chi connectivity index (χ4n) is 3.09. The van der Waals surface area contributed by atoms with Gasteiger partial charge in [-0.15, -0.1) is 11.3 Å². The Labute approximate surface area is 152 Å². The Hall–Kier alpha value is -2.08. The number of ether oxygens (including phenoxy) is 2. The maximum atomic E-state index is 11.8. The molecular weight excluding hydrogens is 336 g/mol. The Morgan fingerprint density at radius 2 is 2.20 bits per heavy atom. The van der Waals surface area contributed by atoms with E-state index in [1.54, 1.807) is 7.11 Å². The molecule has 0 aliphatic carbocycles. The minimum Gasteiger partial charge on any atom is -0.493 e. The van der Waals surface area contributed by atoms with Gasteiger partial charge in [-0.05, 0) is 39.3 Å². The summed E-state index contributed by atoms with van der Waals surface area (Å²) >= 11 is 1.49. The molecule has 1 amide bonds. The number of anilines is 1. The number of carbonyl (C=O) groups is 1. The van der Waals surface area contributed by atoms with Gasteiger partial charge in [0.05, 0.1) is 12.8 Å². The lowest BCUT2D eigenvalue weighted by Crippen LogP contribution is -2.24. The number of nitrogens with zero attached hydrogens (tertiary/aromatic N) is 1. The van der Waals surface area contributed by atoms with E-state index < -0.39 is 0 Å². The minimum atomic E-state index is -0.232. The van der Waals surface area contributed by atoms with E-state index in [9.17, 15) is 4.79 Å². The van der Waals surface area contributed by atoms with Gasteiger partial charge in [0.2, 0.25) is 5.91 Å². The number of benzene rings is 1. The highest BCUT2D eigenvalue weighted by atomic mass is 32.1. The third kappa shape index (κ3) is 3.63. The van der Waals surface area contributed by atoms with Gasteiger partial charge in [-0.1, -0.05) is 6.92 Å². The maximum Gasteiger partial charge on any atom is 0.226 e. The Kier molecular flexibility index (Phi) is 4.73. The number of amides is 1. The van der Waals surface area contributed by atoms with Crippen molar-refractivity contribution in [2.24, 2.45) is 0 Å². The van der Waals surface area contributed by atoms with Gasteiger partial charge in [-0.3, -0.25) is 4.79 Å². The van der Waals surface area contributed by atoms with Crippen LogP contribution in [-0.4, -0.2) is 23.6 Å². The monoisotopic (exact) mass is 360 g/mol. The van der Waals surface area contributed by atoms with Crippen LogP contribution in [-0.2, 0) is 11.2 Å². The van der Waals surface area contributed by atoms with Crippen LogP contribution in [0, 0.1) is 6.92 Å². The molecule has 5 nitrogen and oxygen atoms in total. The molecule has 0 fully saturated rings. The van der Waals surface area contributed by atoms with Crippen LogP contribution < -0.4 is 14.8 Å². The number of carbonyl (C=O) groups excluding carboxylic acids is 1. The SMILES string of the molecule is CCCC(=O)Nc1nc(-c2cc3c(c(OC)c2)OC(C)(C)C3)c(C)s1. The Bertz CT molecular complexity index is 811. The van der Waals surface area contributed by atoms with Crippen LogP contribution in [0.3, 0.4) is 0 Å². The summed E-state index contributed by atoms with van der Waals surface area (Å²) in [5.41, 5.74) is 2.76. The first-order chi connectivity index (χ1) is 11.8. The summed E-state index contributed by atoms with van der Waals surface area (Å²) in [6.45, 7) is 8.14. The van der Waals surface area contributed by atoms with E-state index in [4.69, 9.17) is 9.47 Å². The van der Waals surface area contributed by atoms with E-state index in [1.807, 2.05) is 19.9 Å². The number of nitrogens with one attached hydrogen (secondary N) is 1. The van der Waals surface area contributed by atoms with Crippen LogP contribution >= 0.6 is 11.3 Å². The Morgan fingerprint density at radius 1 is 1.44 bits per heavy atom. The summed E-state index contributed by atoms with van der Waals surface area (Å²) in [5.74, 6) is 1.55. The van der Waals surface area contributed by atoms with Gasteiger partial charge in [0.1, 0.15) is 5.60 Å². The number of aromatic nitrogens is 1. The van der Waals surface area contributed by atoms with E-state index >= 15 is 0 Å². The molecule has 0 radical (unpaired) electrons. The van der Waals surface area contributed by atoms with Crippen molar-refractivity contribution >= 4 is 22.4 Å². The van der Waals surface area contributed by atoms with E-state index in [1.165, 1.54) is 11.3 Å². The number of hydrogen-bond donors (Lipinski definition) is 1. The lowest BCUT2D eigenvalue weighted by molar-refractivity contribution is -0.116. The number of methoxy groups -OCH3 is 1. The van der Waals surface area contributed by atoms with E-state index in [-0.39, 0.29) is 11.5 Å². The summed E-state index contributed by atoms with van der Waals surface area (Å²) < 4.78 is 11.6. The molecule has 0 atom stereocenters. The normalized spacial score (nSPS) is 14.8. The third-order valence-corrected chi connectivity index (χ3v) is 5.03. The van der Waals surface area contributed by atoms with Gasteiger partial charge >= 0.3 is 0 Å². The van der Waals surface area contributed by atoms with Gasteiger partial charge in [-0.2, -0.15) is 0 Å². The number of hydrogen-bond acceptors (Lipinski definition) is 5. The lowest BCUT2D eigenvalue weighted by Gasteiger charge is -2.17. The van der Waals surface area contributed by atoms with Crippen LogP contribution in [0.4, 0.5) is 5.13 Å². The summed E-state index contributed by atoms with van der Waals surface area (Å²) in [6.07, 6.45) is 2.16. The molecule has 0 unspecified atom stereocenters. The second-order valence-corrected chi connectivity index (χ2v) is 8.13. The smallest absolute Gasteiger partial charge is 0.226 e. The minimum absolute atomic E-state index is 0.00415. The molecule has 0 bridgehead atoms. The van der Waals surface area contributed by atoms with Crippen molar-refractivity contribution < 1.29 is 14.3 Å². The van der Waals surface area contributed by atoms with Gasteiger partial charge in [-0.25, -0.2) is 4.98 Å². The fraction of sp³-hybridized carbons (Fsp3) is 0.474. The summed E-state index contributed by atoms with van der Waals surface area (Å²) in [4.78, 5) is 17.5. The Morgan fingerprint density at radius 3 is 2.88 bits per heavy atom. The first-order valence-corrected chi connectivity index (χ1v) is 9.32. The first-order valence-electron chi connectivity index (χ1n) is 8.50. The average molecular weight is 360 g/mol. The van der Waals surface area contributed by atoms with Crippen molar-refractivity contribution in [2.75, 3.05) is 12.4 Å². The van der Waals surface area contributed by atoms with Crippen LogP contribution in [0.1, 0.15) is 44.1 Å². The largest absolute Gasteiger partial charge is 0.493 e. The van der Waals surface area contributed by atoms with E-state index in [2.05, 4.69) is 30.2 Å². The standard InChI is InChI=1S/C19H24N2O3S/c1-6-7-15(22)20-18-21-16(11(2)25-18)12-8-13-10-19(3,4)24-17(13)14(9-12)23-5/h8-9H,6-7,10H2,1-5H3,(H,20,21,22). The number of rotatable bonds is 5. The van der Waals surface area contributed by atoms with Gasteiger partial charge in [0.15, 0.2) is 16.6 Å². The predicted molar refractivity (Wildman–Crippen MR) is 101 cm³/mol. The molecule has 1 aromatic heterocycles. The third-order valence-electron chi connectivity index (χ3n) is 4.14. The fourth-order valence-corrected chi connectivity index (χ4v) is 3.95. The van der Waals surface area contributed by atoms with Gasteiger partial charge in [0.25, 0.3) is 0 Å². The second-order valence-electron chi connectivity index (χ2n) is 6.93. The molecule has 1 N–H and O–H groups in total. The number of fused-ring (bicyclic) bond motifs is 1. The molecule has 0 saturated carbocycles. The highest BCUT2D eigenvalue weighted by Crippen LogP contribution is 2.45. The van der Waals surface area contributed by atoms with Crippen molar-refractivity contribution in [3.63, 3.8) is 0 Å². The zero-order valence-electron chi connectivity index (χ0n) is 15.4. The molecular formula is C19H24N2O3S. The van der Waals surface area contributed by atoms with Gasteiger partial charge < -0.3 is 14.8 Å². The Balaban J connectivity index is 1.95. The van der Waals surface area contributed by atoms with Crippen LogP contribution in [0.25, 0.3) is 11.3 Å². The molecule has 0 saturated heterocycles. The molecule has 1 aromatic carbocycles. The van der Waals surface area contributed by atoms with Gasteiger partial charge in [0, 0.05) is 28.8 Å². The van der Waals surface area contributed by atoms with Crippen molar-refractivity contribution in [1.82, 2.24) is 4.98 Å². The van der Waals surface area contributed by atoms with Crippen LogP contribution in [0.2, 0.25) is 0 Å². The van der Waals surface area contributed by atoms with Crippen molar-refractivity contribution in [3.05, 3.63) is 22.6 Å². The van der Waals surface area contributed by atoms with Crippen molar-refractivity contribution in [3.8, 4) is 22.8 Å². The van der Waals surface area contributed by atoms with E-state index in [0.717, 1.165) is 46.0 Å². The number of aryl methyl sites for hydroxylation is 1. The zero-order chi connectivity index (χ0) is 18.2. The quantitative estimate of drug-likeness (QED) is 0.848. The molecule has 2 heterocycles. The molecule has 3 rings (SSSR count). The molecule has 6 heteroatoms. The van der Waals surface area contributed by atoms with Crippen molar-refractivity contribution in [1.29, 1.82) is 0 Å². The lowest BCUT2D eigenvalue weighted by atomic mass is 9.99. The summed E-state index contributed by atoms with van der Waals surface area (Å²) in [7, 11) is 1.65. The molecule has 134 valence electrons. The maximum absolute atomic E-state index is 11.8. The van der Waals surface area contributed by atoms with E-state index in [0.29, 0.717) is 11.6 Å². The topological polar surface area (TPSA) is 60.5 Å². The highest BCUT2D eigenvalue weighted by molar-refractivity contribution is 7.16. The molecule has 1 aliphatic rings. The van der Waals surface area contributed by atoms with Crippen molar-refractivity contribution in [2.45, 2.75) is 52.6 Å². The molecule has 2 aromatic rings. The van der Waals surface area contributed by atoms with Crippen LogP contribution in [0.5, 0.6) is 11.5 Å². The summed E-state index contributed by atoms with van der Waals surface area (Å²) in [6, 6.07) is 4.08. The summed E-state index contributed by atoms with van der Waals surface area (Å²) in [5, 5.41) is 3.52. The van der Waals surface area contributed by atoms with Crippen LogP contribution in [0.15, 0.2) is 12.1 Å². The molecule has 1 aliphatic heterocycles. The molecule has 0 spiro atoms. The predicted octanol–water partition coefficient (Wildman–Crippen LogP) is 4.58.